The maximum atomic E-state index is 12.5. The van der Waals surface area contributed by atoms with E-state index in [-0.39, 0.29) is 12.0 Å². The van der Waals surface area contributed by atoms with Crippen LogP contribution in [0.4, 0.5) is 0 Å². The fourth-order valence-electron chi connectivity index (χ4n) is 2.39. The van der Waals surface area contributed by atoms with Crippen molar-refractivity contribution >= 4 is 5.91 Å². The van der Waals surface area contributed by atoms with E-state index in [0.29, 0.717) is 25.4 Å². The highest BCUT2D eigenvalue weighted by atomic mass is 16.5. The van der Waals surface area contributed by atoms with Gasteiger partial charge < -0.3 is 9.64 Å². The molecule has 110 valence electrons. The van der Waals surface area contributed by atoms with Crippen LogP contribution in [0, 0.1) is 0 Å². The van der Waals surface area contributed by atoms with Crippen molar-refractivity contribution in [2.24, 2.45) is 0 Å². The van der Waals surface area contributed by atoms with Crippen molar-refractivity contribution in [2.45, 2.75) is 19.6 Å². The van der Waals surface area contributed by atoms with Crippen molar-refractivity contribution in [3.05, 3.63) is 48.0 Å². The summed E-state index contributed by atoms with van der Waals surface area (Å²) in [7, 11) is 0. The van der Waals surface area contributed by atoms with E-state index in [1.165, 1.54) is 0 Å². The molecule has 21 heavy (non-hydrogen) atoms. The van der Waals surface area contributed by atoms with Gasteiger partial charge in [-0.15, -0.1) is 0 Å². The number of pyridine rings is 1. The molecule has 0 unspecified atom stereocenters. The minimum atomic E-state index is -0.169. The summed E-state index contributed by atoms with van der Waals surface area (Å²) < 4.78 is 7.48. The predicted molar refractivity (Wildman–Crippen MR) is 76.7 cm³/mol. The van der Waals surface area contributed by atoms with E-state index < -0.39 is 0 Å². The predicted octanol–water partition coefficient (Wildman–Crippen LogP) is 1.51. The molecule has 3 rings (SSSR count). The number of hydrogen-bond acceptors (Lipinski definition) is 4. The maximum Gasteiger partial charge on any atom is 0.274 e. The smallest absolute Gasteiger partial charge is 0.274 e. The molecule has 0 bridgehead atoms. The third kappa shape index (κ3) is 2.95. The molecular formula is C15H18N4O2. The molecule has 2 aromatic heterocycles. The van der Waals surface area contributed by atoms with E-state index in [2.05, 4.69) is 10.1 Å². The summed E-state index contributed by atoms with van der Waals surface area (Å²) in [5, 5.41) is 4.27. The third-order valence-corrected chi connectivity index (χ3v) is 3.56. The number of rotatable bonds is 3. The van der Waals surface area contributed by atoms with Gasteiger partial charge in [-0.3, -0.25) is 14.5 Å². The van der Waals surface area contributed by atoms with Crippen LogP contribution in [0.25, 0.3) is 0 Å². The Kier molecular flexibility index (Phi) is 3.96. The van der Waals surface area contributed by atoms with Gasteiger partial charge in [0.15, 0.2) is 0 Å². The standard InChI is InChI=1S/C15H18N4O2/c1-2-19-8-6-13(17-19)15(20)18-9-10-21-14(11-18)12-5-3-4-7-16-12/h3-8,14H,2,9-11H2,1H3/t14-/m1/s1. The van der Waals surface area contributed by atoms with Gasteiger partial charge in [0.2, 0.25) is 0 Å². The Hall–Kier alpha value is -2.21. The molecule has 6 heteroatoms. The average molecular weight is 286 g/mol. The zero-order valence-electron chi connectivity index (χ0n) is 12.0. The zero-order valence-corrected chi connectivity index (χ0v) is 12.0. The minimum absolute atomic E-state index is 0.0496. The van der Waals surface area contributed by atoms with Gasteiger partial charge in [0, 0.05) is 25.5 Å². The summed E-state index contributed by atoms with van der Waals surface area (Å²) in [4.78, 5) is 18.6. The molecule has 2 aromatic rings. The molecule has 0 spiro atoms. The van der Waals surface area contributed by atoms with Gasteiger partial charge in [0.05, 0.1) is 18.8 Å². The van der Waals surface area contributed by atoms with Crippen LogP contribution >= 0.6 is 0 Å². The molecule has 1 fully saturated rings. The van der Waals surface area contributed by atoms with Crippen molar-refractivity contribution in [1.82, 2.24) is 19.7 Å². The van der Waals surface area contributed by atoms with Crippen LogP contribution in [0.5, 0.6) is 0 Å². The topological polar surface area (TPSA) is 60.2 Å². The zero-order chi connectivity index (χ0) is 14.7. The molecule has 3 heterocycles. The van der Waals surface area contributed by atoms with Crippen molar-refractivity contribution in [3.8, 4) is 0 Å². The molecule has 0 aliphatic carbocycles. The monoisotopic (exact) mass is 286 g/mol. The lowest BCUT2D eigenvalue weighted by Crippen LogP contribution is -2.42. The van der Waals surface area contributed by atoms with Crippen LogP contribution in [0.2, 0.25) is 0 Å². The number of hydrogen-bond donors (Lipinski definition) is 0. The minimum Gasteiger partial charge on any atom is -0.368 e. The number of ether oxygens (including phenoxy) is 1. The highest BCUT2D eigenvalue weighted by molar-refractivity contribution is 5.92. The van der Waals surface area contributed by atoms with Gasteiger partial charge in [-0.25, -0.2) is 0 Å². The first-order valence-corrected chi connectivity index (χ1v) is 7.13. The molecule has 1 aliphatic rings. The SMILES string of the molecule is CCn1ccc(C(=O)N2CCO[C@@H](c3ccccn3)C2)n1. The molecular weight excluding hydrogens is 268 g/mol. The van der Waals surface area contributed by atoms with Gasteiger partial charge in [-0.05, 0) is 25.1 Å². The highest BCUT2D eigenvalue weighted by Crippen LogP contribution is 2.21. The number of nitrogens with zero attached hydrogens (tertiary/aromatic N) is 4. The van der Waals surface area contributed by atoms with E-state index in [1.54, 1.807) is 21.8 Å². The van der Waals surface area contributed by atoms with Gasteiger partial charge in [-0.2, -0.15) is 5.10 Å². The van der Waals surface area contributed by atoms with E-state index in [1.807, 2.05) is 31.3 Å². The Morgan fingerprint density at radius 1 is 1.43 bits per heavy atom. The molecule has 0 aromatic carbocycles. The van der Waals surface area contributed by atoms with Crippen LogP contribution in [-0.4, -0.2) is 45.3 Å². The Bertz CT molecular complexity index is 611. The average Bonchev–Trinajstić information content (AvgIpc) is 3.04. The van der Waals surface area contributed by atoms with Crippen LogP contribution in [0.3, 0.4) is 0 Å². The van der Waals surface area contributed by atoms with Crippen LogP contribution < -0.4 is 0 Å². The first-order valence-electron chi connectivity index (χ1n) is 7.13. The number of carbonyl (C=O) groups is 1. The second kappa shape index (κ2) is 6.05. The number of amides is 1. The summed E-state index contributed by atoms with van der Waals surface area (Å²) >= 11 is 0. The first-order chi connectivity index (χ1) is 10.3. The molecule has 1 saturated heterocycles. The first kappa shape index (κ1) is 13.8. The summed E-state index contributed by atoms with van der Waals surface area (Å²) in [6, 6.07) is 7.48. The summed E-state index contributed by atoms with van der Waals surface area (Å²) in [6.07, 6.45) is 3.39. The van der Waals surface area contributed by atoms with Gasteiger partial charge in [-0.1, -0.05) is 6.07 Å². The largest absolute Gasteiger partial charge is 0.368 e. The van der Waals surface area contributed by atoms with E-state index in [9.17, 15) is 4.79 Å². The van der Waals surface area contributed by atoms with Gasteiger partial charge in [0.1, 0.15) is 11.8 Å². The number of aromatic nitrogens is 3. The van der Waals surface area contributed by atoms with Gasteiger partial charge >= 0.3 is 0 Å². The Morgan fingerprint density at radius 3 is 3.05 bits per heavy atom. The molecule has 6 nitrogen and oxygen atoms in total. The van der Waals surface area contributed by atoms with E-state index >= 15 is 0 Å². The normalized spacial score (nSPS) is 18.7. The van der Waals surface area contributed by atoms with Gasteiger partial charge in [0.25, 0.3) is 5.91 Å². The second-order valence-electron chi connectivity index (χ2n) is 4.92. The van der Waals surface area contributed by atoms with Crippen LogP contribution in [0.15, 0.2) is 36.7 Å². The lowest BCUT2D eigenvalue weighted by Gasteiger charge is -2.32. The van der Waals surface area contributed by atoms with E-state index in [0.717, 1.165) is 12.2 Å². The fourth-order valence-corrected chi connectivity index (χ4v) is 2.39. The van der Waals surface area contributed by atoms with Crippen LogP contribution in [0.1, 0.15) is 29.2 Å². The lowest BCUT2D eigenvalue weighted by atomic mass is 10.2. The summed E-state index contributed by atoms with van der Waals surface area (Å²) in [6.45, 7) is 4.36. The molecule has 1 aliphatic heterocycles. The summed E-state index contributed by atoms with van der Waals surface area (Å²) in [5.41, 5.74) is 1.34. The molecule has 1 atom stereocenters. The molecule has 0 radical (unpaired) electrons. The van der Waals surface area contributed by atoms with E-state index in [4.69, 9.17) is 4.74 Å². The Labute approximate surface area is 123 Å². The quantitative estimate of drug-likeness (QED) is 0.858. The molecule has 0 saturated carbocycles. The fraction of sp³-hybridized carbons (Fsp3) is 0.400. The number of morpholine rings is 1. The molecule has 0 N–H and O–H groups in total. The lowest BCUT2D eigenvalue weighted by molar-refractivity contribution is -0.0249. The molecule has 1 amide bonds. The van der Waals surface area contributed by atoms with Crippen LogP contribution in [-0.2, 0) is 11.3 Å². The second-order valence-corrected chi connectivity index (χ2v) is 4.92. The van der Waals surface area contributed by atoms with Crippen molar-refractivity contribution in [3.63, 3.8) is 0 Å². The van der Waals surface area contributed by atoms with Crippen molar-refractivity contribution in [1.29, 1.82) is 0 Å². The number of carbonyl (C=O) groups excluding carboxylic acids is 1. The third-order valence-electron chi connectivity index (χ3n) is 3.56. The highest BCUT2D eigenvalue weighted by Gasteiger charge is 2.27. The number of aryl methyl sites for hydroxylation is 1. The van der Waals surface area contributed by atoms with Crippen molar-refractivity contribution in [2.75, 3.05) is 19.7 Å². The Morgan fingerprint density at radius 2 is 2.33 bits per heavy atom. The van der Waals surface area contributed by atoms with Crippen molar-refractivity contribution < 1.29 is 9.53 Å². The Balaban J connectivity index is 1.72. The maximum absolute atomic E-state index is 12.5. The summed E-state index contributed by atoms with van der Waals surface area (Å²) in [5.74, 6) is -0.0496.